The lowest BCUT2D eigenvalue weighted by Crippen LogP contribution is -2.39. The predicted molar refractivity (Wildman–Crippen MR) is 115 cm³/mol. The van der Waals surface area contributed by atoms with Gasteiger partial charge in [0, 0.05) is 37.1 Å². The average Bonchev–Trinajstić information content (AvgIpc) is 2.90. The number of hydrogen-bond acceptors (Lipinski definition) is 4. The molecule has 0 aliphatic carbocycles. The molecule has 0 saturated carbocycles. The molecule has 0 radical (unpaired) electrons. The maximum absolute atomic E-state index is 13.3. The van der Waals surface area contributed by atoms with Crippen molar-refractivity contribution in [2.45, 2.75) is 46.8 Å². The van der Waals surface area contributed by atoms with Gasteiger partial charge in [-0.2, -0.15) is 0 Å². The number of hydrogen-bond donors (Lipinski definition) is 1. The molecule has 2 amide bonds. The standard InChI is InChI=1S/C23H29N3O4/c1-15(2)11-25-13-18(22(28)24-16(3)4)21(27)19(14-25)23(29)26-9-10-30-20-8-6-5-7-17(20)12-26/h5-8,13-16H,9-12H2,1-4H3,(H,24,28). The van der Waals surface area contributed by atoms with Crippen molar-refractivity contribution in [2.24, 2.45) is 5.92 Å². The third-order valence-corrected chi connectivity index (χ3v) is 4.79. The lowest BCUT2D eigenvalue weighted by atomic mass is 10.1. The predicted octanol–water partition coefficient (Wildman–Crippen LogP) is 2.68. The molecule has 1 aliphatic heterocycles. The Morgan fingerprint density at radius 1 is 1.10 bits per heavy atom. The first-order valence-corrected chi connectivity index (χ1v) is 10.3. The van der Waals surface area contributed by atoms with Crippen molar-refractivity contribution < 1.29 is 14.3 Å². The highest BCUT2D eigenvalue weighted by molar-refractivity contribution is 5.99. The van der Waals surface area contributed by atoms with Crippen LogP contribution in [0.15, 0.2) is 41.5 Å². The minimum atomic E-state index is -0.545. The van der Waals surface area contributed by atoms with Gasteiger partial charge in [-0.3, -0.25) is 14.4 Å². The van der Waals surface area contributed by atoms with Crippen LogP contribution in [-0.4, -0.2) is 40.5 Å². The van der Waals surface area contributed by atoms with Crippen molar-refractivity contribution in [3.8, 4) is 5.75 Å². The van der Waals surface area contributed by atoms with Gasteiger partial charge in [0.25, 0.3) is 11.8 Å². The number of nitrogens with one attached hydrogen (secondary N) is 1. The van der Waals surface area contributed by atoms with Crippen molar-refractivity contribution in [1.82, 2.24) is 14.8 Å². The van der Waals surface area contributed by atoms with E-state index in [2.05, 4.69) is 5.32 Å². The molecule has 0 unspecified atom stereocenters. The van der Waals surface area contributed by atoms with E-state index in [1.807, 2.05) is 52.0 Å². The third-order valence-electron chi connectivity index (χ3n) is 4.79. The van der Waals surface area contributed by atoms with Crippen molar-refractivity contribution in [1.29, 1.82) is 0 Å². The van der Waals surface area contributed by atoms with Gasteiger partial charge in [-0.05, 0) is 25.8 Å². The summed E-state index contributed by atoms with van der Waals surface area (Å²) in [5.74, 6) is 0.175. The van der Waals surface area contributed by atoms with Gasteiger partial charge in [-0.15, -0.1) is 0 Å². The van der Waals surface area contributed by atoms with Gasteiger partial charge in [-0.1, -0.05) is 32.0 Å². The van der Waals surface area contributed by atoms with E-state index in [0.717, 1.165) is 11.3 Å². The zero-order chi connectivity index (χ0) is 21.8. The van der Waals surface area contributed by atoms with Crippen LogP contribution in [0.1, 0.15) is 54.0 Å². The maximum Gasteiger partial charge on any atom is 0.259 e. The Balaban J connectivity index is 2.00. The number of rotatable bonds is 5. The van der Waals surface area contributed by atoms with Crippen LogP contribution in [0.2, 0.25) is 0 Å². The molecule has 160 valence electrons. The Bertz CT molecular complexity index is 994. The van der Waals surface area contributed by atoms with Crippen LogP contribution in [0, 0.1) is 5.92 Å². The molecule has 1 N–H and O–H groups in total. The monoisotopic (exact) mass is 411 g/mol. The highest BCUT2D eigenvalue weighted by atomic mass is 16.5. The number of para-hydroxylation sites is 1. The lowest BCUT2D eigenvalue weighted by Gasteiger charge is -2.21. The second-order valence-corrected chi connectivity index (χ2v) is 8.32. The fourth-order valence-corrected chi connectivity index (χ4v) is 3.48. The summed E-state index contributed by atoms with van der Waals surface area (Å²) >= 11 is 0. The quantitative estimate of drug-likeness (QED) is 0.820. The van der Waals surface area contributed by atoms with Crippen LogP contribution >= 0.6 is 0 Å². The zero-order valence-corrected chi connectivity index (χ0v) is 18.0. The molecule has 2 heterocycles. The largest absolute Gasteiger partial charge is 0.491 e. The SMILES string of the molecule is CC(C)Cn1cc(C(=O)NC(C)C)c(=O)c(C(=O)N2CCOc3ccccc3C2)c1. The molecular weight excluding hydrogens is 382 g/mol. The van der Waals surface area contributed by atoms with Gasteiger partial charge in [0.15, 0.2) is 0 Å². The van der Waals surface area contributed by atoms with Crippen LogP contribution in [0.5, 0.6) is 5.75 Å². The summed E-state index contributed by atoms with van der Waals surface area (Å²) in [4.78, 5) is 40.7. The summed E-state index contributed by atoms with van der Waals surface area (Å²) in [5.41, 5.74) is 0.337. The first kappa shape index (κ1) is 21.6. The van der Waals surface area contributed by atoms with Crippen molar-refractivity contribution in [3.05, 3.63) is 63.6 Å². The molecule has 30 heavy (non-hydrogen) atoms. The summed E-state index contributed by atoms with van der Waals surface area (Å²) < 4.78 is 7.50. The van der Waals surface area contributed by atoms with Crippen LogP contribution in [0.25, 0.3) is 0 Å². The van der Waals surface area contributed by atoms with Gasteiger partial charge >= 0.3 is 0 Å². The molecule has 7 heteroatoms. The lowest BCUT2D eigenvalue weighted by molar-refractivity contribution is 0.0731. The molecule has 3 rings (SSSR count). The molecule has 0 spiro atoms. The average molecular weight is 412 g/mol. The Labute approximate surface area is 176 Å². The van der Waals surface area contributed by atoms with Gasteiger partial charge < -0.3 is 19.5 Å². The number of aromatic nitrogens is 1. The molecule has 0 fully saturated rings. The number of carbonyl (C=O) groups excluding carboxylic acids is 2. The number of amides is 2. The van der Waals surface area contributed by atoms with E-state index < -0.39 is 17.2 Å². The third kappa shape index (κ3) is 4.90. The fraction of sp³-hybridized carbons (Fsp3) is 0.435. The van der Waals surface area contributed by atoms with Gasteiger partial charge in [0.05, 0.1) is 6.54 Å². The molecule has 7 nitrogen and oxygen atoms in total. The van der Waals surface area contributed by atoms with E-state index in [-0.39, 0.29) is 23.1 Å². The topological polar surface area (TPSA) is 80.6 Å². The Kier molecular flexibility index (Phi) is 6.59. The van der Waals surface area contributed by atoms with Crippen LogP contribution in [0.4, 0.5) is 0 Å². The summed E-state index contributed by atoms with van der Waals surface area (Å²) in [6, 6.07) is 7.44. The number of nitrogens with zero attached hydrogens (tertiary/aromatic N) is 2. The smallest absolute Gasteiger partial charge is 0.259 e. The van der Waals surface area contributed by atoms with E-state index >= 15 is 0 Å². The number of carbonyl (C=O) groups is 2. The first-order chi connectivity index (χ1) is 14.3. The Morgan fingerprint density at radius 2 is 1.80 bits per heavy atom. The summed E-state index contributed by atoms with van der Waals surface area (Å²) in [7, 11) is 0. The number of fused-ring (bicyclic) bond motifs is 1. The summed E-state index contributed by atoms with van der Waals surface area (Å²) in [5, 5.41) is 2.75. The summed E-state index contributed by atoms with van der Waals surface area (Å²) in [6.07, 6.45) is 3.10. The van der Waals surface area contributed by atoms with Crippen LogP contribution in [0.3, 0.4) is 0 Å². The Hall–Kier alpha value is -3.09. The minimum Gasteiger partial charge on any atom is -0.491 e. The highest BCUT2D eigenvalue weighted by Gasteiger charge is 2.26. The van der Waals surface area contributed by atoms with Crippen molar-refractivity contribution in [3.63, 3.8) is 0 Å². The normalized spacial score (nSPS) is 13.6. The number of pyridine rings is 1. The molecule has 2 aromatic rings. The summed E-state index contributed by atoms with van der Waals surface area (Å²) in [6.45, 7) is 9.38. The second-order valence-electron chi connectivity index (χ2n) is 8.32. The molecular formula is C23H29N3O4. The molecule has 0 atom stereocenters. The van der Waals surface area contributed by atoms with Gasteiger partial charge in [-0.25, -0.2) is 0 Å². The highest BCUT2D eigenvalue weighted by Crippen LogP contribution is 2.23. The van der Waals surface area contributed by atoms with Crippen LogP contribution in [-0.2, 0) is 13.1 Å². The van der Waals surface area contributed by atoms with Gasteiger partial charge in [0.1, 0.15) is 23.5 Å². The molecule has 0 bridgehead atoms. The fourth-order valence-electron chi connectivity index (χ4n) is 3.48. The molecule has 1 aromatic heterocycles. The van der Waals surface area contributed by atoms with Crippen LogP contribution < -0.4 is 15.5 Å². The Morgan fingerprint density at radius 3 is 2.50 bits per heavy atom. The second kappa shape index (κ2) is 9.15. The van der Waals surface area contributed by atoms with E-state index in [1.165, 1.54) is 6.20 Å². The molecule has 0 saturated heterocycles. The minimum absolute atomic E-state index is 0.00596. The van der Waals surface area contributed by atoms with E-state index in [0.29, 0.717) is 26.2 Å². The van der Waals surface area contributed by atoms with E-state index in [1.54, 1.807) is 15.7 Å². The maximum atomic E-state index is 13.3. The molecule has 1 aromatic carbocycles. The van der Waals surface area contributed by atoms with E-state index in [4.69, 9.17) is 4.74 Å². The van der Waals surface area contributed by atoms with Crippen molar-refractivity contribution >= 4 is 11.8 Å². The van der Waals surface area contributed by atoms with E-state index in [9.17, 15) is 14.4 Å². The number of ether oxygens (including phenoxy) is 1. The van der Waals surface area contributed by atoms with Gasteiger partial charge in [0.2, 0.25) is 5.43 Å². The van der Waals surface area contributed by atoms with Crippen molar-refractivity contribution in [2.75, 3.05) is 13.2 Å². The first-order valence-electron chi connectivity index (χ1n) is 10.3. The zero-order valence-electron chi connectivity index (χ0n) is 18.0. The number of benzene rings is 1. The molecule has 1 aliphatic rings.